The van der Waals surface area contributed by atoms with Crippen LogP contribution in [-0.2, 0) is 4.74 Å². The number of rotatable bonds is 5. The second-order valence-electron chi connectivity index (χ2n) is 9.72. The molecule has 0 radical (unpaired) electrons. The lowest BCUT2D eigenvalue weighted by Gasteiger charge is -2.21. The number of carbonyl (C=O) groups is 2. The van der Waals surface area contributed by atoms with Gasteiger partial charge in [-0.2, -0.15) is 0 Å². The number of ether oxygens (including phenoxy) is 1. The first-order valence-corrected chi connectivity index (χ1v) is 11.3. The monoisotopic (exact) mass is 451 g/mol. The van der Waals surface area contributed by atoms with Gasteiger partial charge in [-0.15, -0.1) is 0 Å². The van der Waals surface area contributed by atoms with Crippen LogP contribution in [0.25, 0.3) is 22.0 Å². The Morgan fingerprint density at radius 2 is 1.79 bits per heavy atom. The van der Waals surface area contributed by atoms with Crippen molar-refractivity contribution in [1.29, 1.82) is 0 Å². The average Bonchev–Trinajstić information content (AvgIpc) is 3.37. The van der Waals surface area contributed by atoms with Crippen molar-refractivity contribution in [3.05, 3.63) is 60.0 Å². The number of aromatic amines is 1. The van der Waals surface area contributed by atoms with E-state index in [0.717, 1.165) is 41.3 Å². The Morgan fingerprint density at radius 3 is 2.52 bits per heavy atom. The molecule has 6 nitrogen and oxygen atoms in total. The molecule has 1 heterocycles. The van der Waals surface area contributed by atoms with Crippen molar-refractivity contribution in [3.63, 3.8) is 0 Å². The topological polar surface area (TPSA) is 83.2 Å². The molecule has 2 amide bonds. The maximum Gasteiger partial charge on any atom is 0.407 e. The van der Waals surface area contributed by atoms with Crippen molar-refractivity contribution in [3.8, 4) is 11.1 Å². The number of nitrogens with one attached hydrogen (secondary N) is 3. The van der Waals surface area contributed by atoms with E-state index in [1.54, 1.807) is 12.1 Å². The minimum absolute atomic E-state index is 0.0692. The van der Waals surface area contributed by atoms with Crippen molar-refractivity contribution in [2.24, 2.45) is 5.92 Å². The summed E-state index contributed by atoms with van der Waals surface area (Å²) in [4.78, 5) is 27.9. The zero-order valence-electron chi connectivity index (χ0n) is 19.2. The Balaban J connectivity index is 1.32. The minimum Gasteiger partial charge on any atom is -0.444 e. The zero-order chi connectivity index (χ0) is 23.6. The van der Waals surface area contributed by atoms with Crippen LogP contribution >= 0.6 is 0 Å². The van der Waals surface area contributed by atoms with E-state index in [2.05, 4.69) is 15.6 Å². The highest BCUT2D eigenvalue weighted by atomic mass is 19.1. The lowest BCUT2D eigenvalue weighted by molar-refractivity contribution is 0.0504. The number of carbonyl (C=O) groups excluding carboxylic acids is 2. The Hall–Kier alpha value is -3.35. The van der Waals surface area contributed by atoms with Crippen LogP contribution in [0.2, 0.25) is 0 Å². The first kappa shape index (κ1) is 22.8. The van der Waals surface area contributed by atoms with Gasteiger partial charge in [0.25, 0.3) is 5.91 Å². The summed E-state index contributed by atoms with van der Waals surface area (Å²) in [6.07, 6.45) is 2.23. The highest BCUT2D eigenvalue weighted by Gasteiger charge is 2.28. The summed E-state index contributed by atoms with van der Waals surface area (Å²) < 4.78 is 18.5. The number of hydrogen-bond acceptors (Lipinski definition) is 3. The van der Waals surface area contributed by atoms with Gasteiger partial charge in [0.15, 0.2) is 0 Å². The molecule has 1 fully saturated rings. The van der Waals surface area contributed by atoms with Crippen molar-refractivity contribution in [2.45, 2.75) is 51.7 Å². The van der Waals surface area contributed by atoms with E-state index < -0.39 is 11.7 Å². The van der Waals surface area contributed by atoms with Gasteiger partial charge in [0.05, 0.1) is 0 Å². The lowest BCUT2D eigenvalue weighted by atomic mass is 10.0. The largest absolute Gasteiger partial charge is 0.444 e. The van der Waals surface area contributed by atoms with Gasteiger partial charge in [0.2, 0.25) is 0 Å². The highest BCUT2D eigenvalue weighted by Crippen LogP contribution is 2.27. The number of halogens is 1. The molecule has 1 saturated carbocycles. The number of aromatic nitrogens is 1. The molecular weight excluding hydrogens is 421 g/mol. The first-order chi connectivity index (χ1) is 15.7. The SMILES string of the molecule is CC(C)(C)OC(=O)N[C@@H]1CC[C@H](CNC(=O)c2cc3ccc(-c4ccc(F)cc4)cc3[nH]2)C1. The van der Waals surface area contributed by atoms with Crippen LogP contribution in [0.1, 0.15) is 50.5 Å². The molecule has 1 aliphatic carbocycles. The molecule has 3 N–H and O–H groups in total. The fourth-order valence-corrected chi connectivity index (χ4v) is 4.27. The van der Waals surface area contributed by atoms with Gasteiger partial charge in [-0.1, -0.05) is 24.3 Å². The third-order valence-corrected chi connectivity index (χ3v) is 5.86. The quantitative estimate of drug-likeness (QED) is 0.486. The summed E-state index contributed by atoms with van der Waals surface area (Å²) in [5.41, 5.74) is 2.70. The number of benzene rings is 2. The van der Waals surface area contributed by atoms with Crippen LogP contribution in [0.4, 0.5) is 9.18 Å². The summed E-state index contributed by atoms with van der Waals surface area (Å²) in [5.74, 6) is -0.116. The fraction of sp³-hybridized carbons (Fsp3) is 0.385. The molecule has 2 aromatic carbocycles. The van der Waals surface area contributed by atoms with Crippen LogP contribution in [0.5, 0.6) is 0 Å². The molecule has 2 atom stereocenters. The van der Waals surface area contributed by atoms with Crippen LogP contribution in [0, 0.1) is 11.7 Å². The fourth-order valence-electron chi connectivity index (χ4n) is 4.27. The van der Waals surface area contributed by atoms with E-state index in [-0.39, 0.29) is 17.8 Å². The molecule has 0 aliphatic heterocycles. The molecule has 0 saturated heterocycles. The summed E-state index contributed by atoms with van der Waals surface area (Å²) in [6, 6.07) is 14.1. The molecule has 1 aromatic heterocycles. The predicted octanol–water partition coefficient (Wildman–Crippen LogP) is 5.40. The van der Waals surface area contributed by atoms with Crippen LogP contribution in [0.15, 0.2) is 48.5 Å². The number of amides is 2. The normalized spacial score (nSPS) is 18.3. The predicted molar refractivity (Wildman–Crippen MR) is 127 cm³/mol. The molecule has 1 aliphatic rings. The van der Waals surface area contributed by atoms with Gasteiger partial charge in [0, 0.05) is 23.5 Å². The van der Waals surface area contributed by atoms with E-state index in [1.165, 1.54) is 12.1 Å². The van der Waals surface area contributed by atoms with Gasteiger partial charge in [-0.3, -0.25) is 4.79 Å². The zero-order valence-corrected chi connectivity index (χ0v) is 19.2. The molecule has 33 heavy (non-hydrogen) atoms. The second-order valence-corrected chi connectivity index (χ2v) is 9.72. The Bertz CT molecular complexity index is 1150. The van der Waals surface area contributed by atoms with Crippen molar-refractivity contribution in [1.82, 2.24) is 15.6 Å². The van der Waals surface area contributed by atoms with Crippen LogP contribution in [0.3, 0.4) is 0 Å². The number of fused-ring (bicyclic) bond motifs is 1. The Morgan fingerprint density at radius 1 is 1.06 bits per heavy atom. The first-order valence-electron chi connectivity index (χ1n) is 11.3. The molecule has 0 bridgehead atoms. The van der Waals surface area contributed by atoms with Crippen molar-refractivity contribution >= 4 is 22.9 Å². The van der Waals surface area contributed by atoms with E-state index in [0.29, 0.717) is 18.2 Å². The van der Waals surface area contributed by atoms with Crippen molar-refractivity contribution < 1.29 is 18.7 Å². The minimum atomic E-state index is -0.518. The Labute approximate surface area is 192 Å². The number of hydrogen-bond donors (Lipinski definition) is 3. The third-order valence-electron chi connectivity index (χ3n) is 5.86. The summed E-state index contributed by atoms with van der Waals surface area (Å²) in [7, 11) is 0. The van der Waals surface area contributed by atoms with Gasteiger partial charge >= 0.3 is 6.09 Å². The molecule has 7 heteroatoms. The number of alkyl carbamates (subject to hydrolysis) is 1. The standard InChI is InChI=1S/C26H30FN3O3/c1-26(2,3)33-25(32)29-21-11-4-16(12-21)15-28-24(31)23-14-19-6-5-18(13-22(19)30-23)17-7-9-20(27)10-8-17/h5-10,13-14,16,21,30H,4,11-12,15H2,1-3H3,(H,28,31)(H,29,32)/t16-,21+/m0/s1. The summed E-state index contributed by atoms with van der Waals surface area (Å²) in [5, 5.41) is 6.87. The molecule has 4 rings (SSSR count). The smallest absolute Gasteiger partial charge is 0.407 e. The van der Waals surface area contributed by atoms with E-state index in [1.807, 2.05) is 45.0 Å². The van der Waals surface area contributed by atoms with Gasteiger partial charge in [-0.25, -0.2) is 9.18 Å². The molecule has 0 unspecified atom stereocenters. The lowest BCUT2D eigenvalue weighted by Crippen LogP contribution is -2.38. The average molecular weight is 452 g/mol. The summed E-state index contributed by atoms with van der Waals surface area (Å²) in [6.45, 7) is 6.08. The van der Waals surface area contributed by atoms with E-state index in [9.17, 15) is 14.0 Å². The molecule has 174 valence electrons. The van der Waals surface area contributed by atoms with Gasteiger partial charge < -0.3 is 20.4 Å². The molecular formula is C26H30FN3O3. The van der Waals surface area contributed by atoms with Gasteiger partial charge in [0.1, 0.15) is 17.1 Å². The maximum atomic E-state index is 13.2. The van der Waals surface area contributed by atoms with Gasteiger partial charge in [-0.05, 0) is 81.3 Å². The number of H-pyrrole nitrogens is 1. The third kappa shape index (κ3) is 5.92. The second kappa shape index (κ2) is 9.25. The van der Waals surface area contributed by atoms with E-state index in [4.69, 9.17) is 4.74 Å². The van der Waals surface area contributed by atoms with Crippen molar-refractivity contribution in [2.75, 3.05) is 6.54 Å². The molecule has 0 spiro atoms. The maximum absolute atomic E-state index is 13.2. The molecule has 3 aromatic rings. The van der Waals surface area contributed by atoms with Crippen LogP contribution < -0.4 is 10.6 Å². The van der Waals surface area contributed by atoms with Crippen LogP contribution in [-0.4, -0.2) is 35.2 Å². The highest BCUT2D eigenvalue weighted by molar-refractivity contribution is 5.98. The summed E-state index contributed by atoms with van der Waals surface area (Å²) >= 11 is 0. The Kier molecular flexibility index (Phi) is 6.40. The van der Waals surface area contributed by atoms with E-state index >= 15 is 0 Å².